The van der Waals surface area contributed by atoms with Crippen molar-refractivity contribution in [3.8, 4) is 6.07 Å². The molecule has 8 nitrogen and oxygen atoms in total. The van der Waals surface area contributed by atoms with Gasteiger partial charge in [0.05, 0.1) is 35.3 Å². The predicted molar refractivity (Wildman–Crippen MR) is 122 cm³/mol. The van der Waals surface area contributed by atoms with Crippen LogP contribution >= 0.6 is 0 Å². The summed E-state index contributed by atoms with van der Waals surface area (Å²) in [6, 6.07) is 14.4. The highest BCUT2D eigenvalue weighted by Crippen LogP contribution is 2.27. The molecule has 0 bridgehead atoms. The summed E-state index contributed by atoms with van der Waals surface area (Å²) < 4.78 is 29.7. The molecule has 2 aliphatic heterocycles. The number of morpholine rings is 1. The SMILES string of the molecule is CS(=O)(=O)c1ccc(N2CCOCC2)c(C(=O)N2CCN(c3ccc(C#N)cc3)CC2)c1. The van der Waals surface area contributed by atoms with Crippen molar-refractivity contribution < 1.29 is 17.9 Å². The van der Waals surface area contributed by atoms with Crippen LogP contribution in [0.1, 0.15) is 15.9 Å². The number of carbonyl (C=O) groups is 1. The summed E-state index contributed by atoms with van der Waals surface area (Å²) in [5.41, 5.74) is 2.80. The Kier molecular flexibility index (Phi) is 6.35. The second-order valence-corrected chi connectivity index (χ2v) is 10.0. The van der Waals surface area contributed by atoms with E-state index < -0.39 is 9.84 Å². The fourth-order valence-electron chi connectivity index (χ4n) is 4.08. The highest BCUT2D eigenvalue weighted by molar-refractivity contribution is 7.90. The lowest BCUT2D eigenvalue weighted by Gasteiger charge is -2.37. The van der Waals surface area contributed by atoms with Crippen LogP contribution in [0.3, 0.4) is 0 Å². The van der Waals surface area contributed by atoms with E-state index in [0.717, 1.165) is 17.6 Å². The standard InChI is InChI=1S/C23H26N4O4S/c1-32(29,30)20-6-7-22(26-12-14-31-15-13-26)21(16-20)23(28)27-10-8-25(9-11-27)19-4-2-18(17-24)3-5-19/h2-7,16H,8-15H2,1H3. The summed E-state index contributed by atoms with van der Waals surface area (Å²) in [4.78, 5) is 19.7. The van der Waals surface area contributed by atoms with Gasteiger partial charge in [-0.2, -0.15) is 5.26 Å². The first kappa shape index (κ1) is 22.1. The van der Waals surface area contributed by atoms with Crippen LogP contribution in [0.4, 0.5) is 11.4 Å². The molecule has 2 aromatic rings. The summed E-state index contributed by atoms with van der Waals surface area (Å²) in [7, 11) is -3.43. The molecule has 9 heteroatoms. The highest BCUT2D eigenvalue weighted by atomic mass is 32.2. The minimum absolute atomic E-state index is 0.147. The quantitative estimate of drug-likeness (QED) is 0.695. The first-order valence-corrected chi connectivity index (χ1v) is 12.5. The number of sulfone groups is 1. The van der Waals surface area contributed by atoms with Gasteiger partial charge < -0.3 is 19.4 Å². The second kappa shape index (κ2) is 9.18. The second-order valence-electron chi connectivity index (χ2n) is 7.99. The highest BCUT2D eigenvalue weighted by Gasteiger charge is 2.27. The van der Waals surface area contributed by atoms with Gasteiger partial charge in [0.25, 0.3) is 5.91 Å². The van der Waals surface area contributed by atoms with Crippen molar-refractivity contribution in [1.82, 2.24) is 4.90 Å². The smallest absolute Gasteiger partial charge is 0.256 e. The Morgan fingerprint density at radius 1 is 0.938 bits per heavy atom. The molecule has 0 spiro atoms. The summed E-state index contributed by atoms with van der Waals surface area (Å²) in [5, 5.41) is 8.97. The van der Waals surface area contributed by atoms with E-state index in [4.69, 9.17) is 10.00 Å². The Labute approximate surface area is 188 Å². The number of nitriles is 1. The summed E-state index contributed by atoms with van der Waals surface area (Å²) in [6.07, 6.45) is 1.15. The minimum atomic E-state index is -3.43. The Morgan fingerprint density at radius 2 is 1.59 bits per heavy atom. The van der Waals surface area contributed by atoms with E-state index in [1.165, 1.54) is 6.07 Å². The van der Waals surface area contributed by atoms with Gasteiger partial charge in [-0.15, -0.1) is 0 Å². The topological polar surface area (TPSA) is 93.9 Å². The molecular weight excluding hydrogens is 428 g/mol. The first-order chi connectivity index (χ1) is 15.4. The third-order valence-electron chi connectivity index (χ3n) is 5.91. The number of piperazine rings is 1. The van der Waals surface area contributed by atoms with Gasteiger partial charge in [-0.05, 0) is 42.5 Å². The number of hydrogen-bond donors (Lipinski definition) is 0. The number of ether oxygens (including phenoxy) is 1. The number of anilines is 2. The number of rotatable bonds is 4. The normalized spacial score (nSPS) is 17.2. The molecule has 0 saturated carbocycles. The molecule has 2 aliphatic rings. The van der Waals surface area contributed by atoms with Crippen LogP contribution < -0.4 is 9.80 Å². The van der Waals surface area contributed by atoms with Gasteiger partial charge in [0, 0.05) is 56.9 Å². The van der Waals surface area contributed by atoms with Crippen molar-refractivity contribution in [3.05, 3.63) is 53.6 Å². The molecule has 32 heavy (non-hydrogen) atoms. The van der Waals surface area contributed by atoms with Gasteiger partial charge in [-0.3, -0.25) is 4.79 Å². The lowest BCUT2D eigenvalue weighted by atomic mass is 10.1. The minimum Gasteiger partial charge on any atom is -0.378 e. The van der Waals surface area contributed by atoms with Crippen LogP contribution in [0, 0.1) is 11.3 Å². The number of benzene rings is 2. The molecule has 0 unspecified atom stereocenters. The van der Waals surface area contributed by atoms with E-state index in [1.807, 2.05) is 12.1 Å². The molecule has 0 atom stereocenters. The summed E-state index contributed by atoms with van der Waals surface area (Å²) in [5.74, 6) is -0.156. The van der Waals surface area contributed by atoms with Crippen molar-refractivity contribution in [2.75, 3.05) is 68.5 Å². The Hall–Kier alpha value is -3.09. The molecule has 0 aromatic heterocycles. The number of hydrogen-bond acceptors (Lipinski definition) is 7. The maximum absolute atomic E-state index is 13.5. The van der Waals surface area contributed by atoms with Gasteiger partial charge >= 0.3 is 0 Å². The molecular formula is C23H26N4O4S. The number of carbonyl (C=O) groups excluding carboxylic acids is 1. The molecule has 2 saturated heterocycles. The van der Waals surface area contributed by atoms with Crippen molar-refractivity contribution in [2.45, 2.75) is 4.90 Å². The van der Waals surface area contributed by atoms with Crippen molar-refractivity contribution in [1.29, 1.82) is 5.26 Å². The van der Waals surface area contributed by atoms with Gasteiger partial charge in [-0.25, -0.2) is 8.42 Å². The van der Waals surface area contributed by atoms with Crippen LogP contribution in [-0.2, 0) is 14.6 Å². The lowest BCUT2D eigenvalue weighted by molar-refractivity contribution is 0.0746. The Balaban J connectivity index is 1.54. The zero-order chi connectivity index (χ0) is 22.7. The van der Waals surface area contributed by atoms with Gasteiger partial charge in [0.1, 0.15) is 0 Å². The van der Waals surface area contributed by atoms with Crippen LogP contribution in [0.25, 0.3) is 0 Å². The maximum Gasteiger partial charge on any atom is 0.256 e. The molecule has 2 aromatic carbocycles. The molecule has 2 fully saturated rings. The van der Waals surface area contributed by atoms with Crippen molar-refractivity contribution in [3.63, 3.8) is 0 Å². The first-order valence-electron chi connectivity index (χ1n) is 10.6. The van der Waals surface area contributed by atoms with Gasteiger partial charge in [-0.1, -0.05) is 0 Å². The largest absolute Gasteiger partial charge is 0.378 e. The molecule has 0 radical (unpaired) electrons. The van der Waals surface area contributed by atoms with Gasteiger partial charge in [0.15, 0.2) is 9.84 Å². The van der Waals surface area contributed by atoms with E-state index in [0.29, 0.717) is 63.6 Å². The predicted octanol–water partition coefficient (Wildman–Crippen LogP) is 1.76. The summed E-state index contributed by atoms with van der Waals surface area (Å²) in [6.45, 7) is 4.85. The van der Waals surface area contributed by atoms with E-state index in [-0.39, 0.29) is 10.8 Å². The number of nitrogens with zero attached hydrogens (tertiary/aromatic N) is 4. The van der Waals surface area contributed by atoms with Crippen LogP contribution in [0.2, 0.25) is 0 Å². The Bertz CT molecular complexity index is 1130. The fraction of sp³-hybridized carbons (Fsp3) is 0.391. The Morgan fingerprint density at radius 3 is 2.19 bits per heavy atom. The zero-order valence-electron chi connectivity index (χ0n) is 18.0. The van der Waals surface area contributed by atoms with Crippen LogP contribution in [0.5, 0.6) is 0 Å². The van der Waals surface area contributed by atoms with Crippen molar-refractivity contribution in [2.24, 2.45) is 0 Å². The third-order valence-corrected chi connectivity index (χ3v) is 7.02. The molecule has 4 rings (SSSR count). The van der Waals surface area contributed by atoms with Gasteiger partial charge in [0.2, 0.25) is 0 Å². The third kappa shape index (κ3) is 4.71. The zero-order valence-corrected chi connectivity index (χ0v) is 18.8. The van der Waals surface area contributed by atoms with E-state index in [1.54, 1.807) is 29.2 Å². The average molecular weight is 455 g/mol. The molecule has 0 aliphatic carbocycles. The molecule has 168 valence electrons. The molecule has 0 N–H and O–H groups in total. The van der Waals surface area contributed by atoms with Crippen LogP contribution in [-0.4, -0.2) is 78.0 Å². The monoisotopic (exact) mass is 454 g/mol. The number of amides is 1. The molecule has 2 heterocycles. The van der Waals surface area contributed by atoms with E-state index >= 15 is 0 Å². The maximum atomic E-state index is 13.5. The summed E-state index contributed by atoms with van der Waals surface area (Å²) >= 11 is 0. The van der Waals surface area contributed by atoms with E-state index in [9.17, 15) is 13.2 Å². The average Bonchev–Trinajstić information content (AvgIpc) is 2.83. The van der Waals surface area contributed by atoms with E-state index in [2.05, 4.69) is 15.9 Å². The fourth-order valence-corrected chi connectivity index (χ4v) is 4.73. The van der Waals surface area contributed by atoms with Crippen LogP contribution in [0.15, 0.2) is 47.4 Å². The molecule has 1 amide bonds. The van der Waals surface area contributed by atoms with Crippen molar-refractivity contribution >= 4 is 27.1 Å². The lowest BCUT2D eigenvalue weighted by Crippen LogP contribution is -2.49.